The average Bonchev–Trinajstić information content (AvgIpc) is 3.69. The fraction of sp³-hybridized carbons (Fsp3) is 0.471. The van der Waals surface area contributed by atoms with Crippen LogP contribution in [0.4, 0.5) is 17.1 Å². The largest absolute Gasteiger partial charge is 0.380 e. The highest BCUT2D eigenvalue weighted by molar-refractivity contribution is 7.12. The lowest BCUT2D eigenvalue weighted by molar-refractivity contribution is 0.0923. The van der Waals surface area contributed by atoms with Gasteiger partial charge in [-0.05, 0) is 79.5 Å². The number of hydrogen-bond donors (Lipinski definition) is 3. The highest BCUT2D eigenvalue weighted by atomic mass is 32.1. The quantitative estimate of drug-likeness (QED) is 0.214. The molecule has 1 aliphatic heterocycles. The van der Waals surface area contributed by atoms with E-state index in [9.17, 15) is 14.4 Å². The maximum Gasteiger partial charge on any atom is 0.263 e. The predicted molar refractivity (Wildman–Crippen MR) is 174 cm³/mol. The second-order valence-electron chi connectivity index (χ2n) is 12.6. The molecule has 3 heterocycles. The molecule has 43 heavy (non-hydrogen) atoms. The fourth-order valence-electron chi connectivity index (χ4n) is 7.68. The van der Waals surface area contributed by atoms with E-state index < -0.39 is 0 Å². The van der Waals surface area contributed by atoms with Crippen LogP contribution in [0.2, 0.25) is 0 Å². The summed E-state index contributed by atoms with van der Waals surface area (Å²) in [6.45, 7) is 2.19. The molecule has 3 N–H and O–H groups in total. The zero-order chi connectivity index (χ0) is 29.3. The predicted octanol–water partition coefficient (Wildman–Crippen LogP) is 5.67. The Morgan fingerprint density at radius 2 is 1.81 bits per heavy atom. The van der Waals surface area contributed by atoms with Gasteiger partial charge >= 0.3 is 0 Å². The van der Waals surface area contributed by atoms with Crippen molar-refractivity contribution in [2.45, 2.75) is 76.4 Å². The number of nitrogens with one attached hydrogen (secondary N) is 3. The first-order valence-electron chi connectivity index (χ1n) is 15.9. The summed E-state index contributed by atoms with van der Waals surface area (Å²) in [6, 6.07) is 12.4. The number of amides is 1. The molecule has 0 bridgehead atoms. The standard InChI is InChI=1S/C34H39N5O3S/c40-31-29(37-19-21-6-2-1-3-7-21)30(32(31)41)39-16-13-22-18-24(10-11-28(22)39)38-34(42)33-27(14-17-43-33)36-20-23-12-15-35-26-9-5-4-8-25(23)26/h4-5,8-9,12,14-15,17,21-22,24,28,36-37H,1-3,6-7,10-11,13,16,18-20H2,(H,38,42). The molecule has 3 aliphatic rings. The van der Waals surface area contributed by atoms with E-state index in [2.05, 4.69) is 31.9 Å². The lowest BCUT2D eigenvalue weighted by Crippen LogP contribution is -2.49. The van der Waals surface area contributed by atoms with Crippen molar-refractivity contribution in [2.75, 3.05) is 28.6 Å². The van der Waals surface area contributed by atoms with Crippen molar-refractivity contribution in [2.24, 2.45) is 11.8 Å². The fourth-order valence-corrected chi connectivity index (χ4v) is 8.45. The Morgan fingerprint density at radius 1 is 0.953 bits per heavy atom. The van der Waals surface area contributed by atoms with E-state index in [1.165, 1.54) is 43.4 Å². The highest BCUT2D eigenvalue weighted by Crippen LogP contribution is 2.40. The molecule has 8 nitrogen and oxygen atoms in total. The third-order valence-electron chi connectivity index (χ3n) is 9.96. The molecular formula is C34H39N5O3S. The van der Waals surface area contributed by atoms with E-state index in [1.807, 2.05) is 41.9 Å². The molecule has 1 amide bonds. The van der Waals surface area contributed by atoms with Crippen molar-refractivity contribution >= 4 is 45.2 Å². The molecule has 0 spiro atoms. The Bertz CT molecular complexity index is 1680. The first-order chi connectivity index (χ1) is 21.1. The van der Waals surface area contributed by atoms with E-state index in [0.717, 1.165) is 60.9 Å². The van der Waals surface area contributed by atoms with Gasteiger partial charge in [-0.25, -0.2) is 0 Å². The third kappa shape index (κ3) is 5.55. The Balaban J connectivity index is 0.957. The third-order valence-corrected chi connectivity index (χ3v) is 10.9. The number of pyridine rings is 1. The number of para-hydroxylation sites is 1. The van der Waals surface area contributed by atoms with Crippen molar-refractivity contribution in [3.05, 3.63) is 78.9 Å². The van der Waals surface area contributed by atoms with Crippen molar-refractivity contribution in [3.8, 4) is 0 Å². The lowest BCUT2D eigenvalue weighted by atomic mass is 9.81. The van der Waals surface area contributed by atoms with Crippen LogP contribution in [0.15, 0.2) is 57.6 Å². The number of benzene rings is 1. The Labute approximate surface area is 255 Å². The van der Waals surface area contributed by atoms with Gasteiger partial charge in [0.2, 0.25) is 0 Å². The molecule has 0 radical (unpaired) electrons. The molecule has 3 unspecified atom stereocenters. The Hall–Kier alpha value is -3.72. The van der Waals surface area contributed by atoms with Gasteiger partial charge in [0, 0.05) is 43.3 Å². The number of thiophene rings is 1. The highest BCUT2D eigenvalue weighted by Gasteiger charge is 2.42. The van der Waals surface area contributed by atoms with Crippen LogP contribution in [0.1, 0.15) is 73.0 Å². The van der Waals surface area contributed by atoms with Crippen LogP contribution in [0, 0.1) is 11.8 Å². The summed E-state index contributed by atoms with van der Waals surface area (Å²) >= 11 is 1.46. The molecule has 1 saturated heterocycles. The second kappa shape index (κ2) is 12.1. The maximum atomic E-state index is 13.4. The first kappa shape index (κ1) is 28.1. The van der Waals surface area contributed by atoms with Crippen molar-refractivity contribution in [1.29, 1.82) is 0 Å². The number of nitrogens with zero attached hydrogens (tertiary/aromatic N) is 2. The number of aromatic nitrogens is 1. The van der Waals surface area contributed by atoms with Gasteiger partial charge < -0.3 is 20.9 Å². The van der Waals surface area contributed by atoms with Gasteiger partial charge in [0.15, 0.2) is 0 Å². The van der Waals surface area contributed by atoms with Gasteiger partial charge in [-0.15, -0.1) is 11.3 Å². The van der Waals surface area contributed by atoms with Gasteiger partial charge in [0.1, 0.15) is 16.3 Å². The number of rotatable bonds is 9. The van der Waals surface area contributed by atoms with E-state index in [4.69, 9.17) is 0 Å². The molecular weight excluding hydrogens is 558 g/mol. The number of anilines is 3. The summed E-state index contributed by atoms with van der Waals surface area (Å²) < 4.78 is 0. The Morgan fingerprint density at radius 3 is 2.70 bits per heavy atom. The molecule has 3 fully saturated rings. The van der Waals surface area contributed by atoms with Crippen LogP contribution >= 0.6 is 11.3 Å². The van der Waals surface area contributed by atoms with Gasteiger partial charge in [0.05, 0.1) is 11.2 Å². The van der Waals surface area contributed by atoms with Crippen LogP contribution < -0.4 is 31.7 Å². The number of hydrogen-bond acceptors (Lipinski definition) is 8. The summed E-state index contributed by atoms with van der Waals surface area (Å²) in [7, 11) is 0. The molecule has 2 aromatic heterocycles. The second-order valence-corrected chi connectivity index (χ2v) is 13.5. The molecule has 9 heteroatoms. The molecule has 4 aromatic rings. The van der Waals surface area contributed by atoms with E-state index in [1.54, 1.807) is 0 Å². The zero-order valence-corrected chi connectivity index (χ0v) is 25.3. The number of carbonyl (C=O) groups excluding carboxylic acids is 1. The van der Waals surface area contributed by atoms with Crippen molar-refractivity contribution < 1.29 is 4.79 Å². The van der Waals surface area contributed by atoms with Crippen LogP contribution in [0.25, 0.3) is 10.9 Å². The van der Waals surface area contributed by atoms with Crippen LogP contribution in [-0.2, 0) is 6.54 Å². The van der Waals surface area contributed by atoms with Crippen LogP contribution in [0.5, 0.6) is 0 Å². The maximum absolute atomic E-state index is 13.4. The summed E-state index contributed by atoms with van der Waals surface area (Å²) in [5.41, 5.74) is 3.42. The lowest BCUT2D eigenvalue weighted by Gasteiger charge is -2.37. The topological polar surface area (TPSA) is 103 Å². The van der Waals surface area contributed by atoms with Crippen LogP contribution in [0.3, 0.4) is 0 Å². The monoisotopic (exact) mass is 597 g/mol. The van der Waals surface area contributed by atoms with E-state index in [-0.39, 0.29) is 28.8 Å². The molecule has 3 atom stereocenters. The smallest absolute Gasteiger partial charge is 0.263 e. The van der Waals surface area contributed by atoms with Crippen molar-refractivity contribution in [3.63, 3.8) is 0 Å². The van der Waals surface area contributed by atoms with Crippen LogP contribution in [-0.4, -0.2) is 36.1 Å². The SMILES string of the molecule is O=C(NC1CCC2C(CCN2c2c(NCC3CCCCC3)c(=O)c2=O)C1)c1sccc1NCc1ccnc2ccccc12. The van der Waals surface area contributed by atoms with Crippen molar-refractivity contribution in [1.82, 2.24) is 10.3 Å². The minimum atomic E-state index is -0.354. The van der Waals surface area contributed by atoms with Gasteiger partial charge in [-0.2, -0.15) is 0 Å². The van der Waals surface area contributed by atoms with E-state index >= 15 is 0 Å². The minimum absolute atomic E-state index is 0.0351. The van der Waals surface area contributed by atoms with E-state index in [0.29, 0.717) is 34.6 Å². The summed E-state index contributed by atoms with van der Waals surface area (Å²) in [6.07, 6.45) is 11.7. The summed E-state index contributed by atoms with van der Waals surface area (Å²) in [5.74, 6) is 0.952. The summed E-state index contributed by atoms with van der Waals surface area (Å²) in [4.78, 5) is 46.0. The first-order valence-corrected chi connectivity index (χ1v) is 16.7. The normalized spacial score (nSPS) is 22.5. The molecule has 2 aromatic carbocycles. The molecule has 224 valence electrons. The number of fused-ring (bicyclic) bond motifs is 2. The zero-order valence-electron chi connectivity index (χ0n) is 24.4. The van der Waals surface area contributed by atoms with Gasteiger partial charge in [-0.3, -0.25) is 19.4 Å². The molecule has 7 rings (SSSR count). The molecule has 2 saturated carbocycles. The van der Waals surface area contributed by atoms with Gasteiger partial charge in [0.25, 0.3) is 16.8 Å². The average molecular weight is 598 g/mol. The summed E-state index contributed by atoms with van der Waals surface area (Å²) in [5, 5.41) is 13.2. The number of carbonyl (C=O) groups is 1. The molecule has 2 aliphatic carbocycles. The minimum Gasteiger partial charge on any atom is -0.380 e. The Kier molecular flexibility index (Phi) is 7.91. The van der Waals surface area contributed by atoms with Gasteiger partial charge in [-0.1, -0.05) is 37.5 Å².